The van der Waals surface area contributed by atoms with Gasteiger partial charge < -0.3 is 9.63 Å². The number of nitrogens with zero attached hydrogens (tertiary/aromatic N) is 3. The van der Waals surface area contributed by atoms with Crippen molar-refractivity contribution in [2.75, 3.05) is 13.1 Å². The van der Waals surface area contributed by atoms with Crippen LogP contribution in [0.1, 0.15) is 45.3 Å². The number of piperidine rings is 1. The van der Waals surface area contributed by atoms with E-state index in [1.165, 1.54) is 0 Å². The molecule has 1 aromatic heterocycles. The molecule has 19 heavy (non-hydrogen) atoms. The fourth-order valence-corrected chi connectivity index (χ4v) is 2.16. The second-order valence-electron chi connectivity index (χ2n) is 6.15. The molecule has 106 valence electrons. The van der Waals surface area contributed by atoms with E-state index in [1.807, 2.05) is 20.8 Å². The van der Waals surface area contributed by atoms with Gasteiger partial charge in [-0.05, 0) is 25.9 Å². The lowest BCUT2D eigenvalue weighted by atomic mass is 9.97. The summed E-state index contributed by atoms with van der Waals surface area (Å²) in [6, 6.07) is 0. The van der Waals surface area contributed by atoms with Gasteiger partial charge in [-0.3, -0.25) is 9.69 Å². The highest BCUT2D eigenvalue weighted by molar-refractivity contribution is 5.70. The minimum atomic E-state index is -0.686. The van der Waals surface area contributed by atoms with Crippen molar-refractivity contribution >= 4 is 5.97 Å². The quantitative estimate of drug-likeness (QED) is 0.897. The average molecular weight is 267 g/mol. The molecule has 0 atom stereocenters. The van der Waals surface area contributed by atoms with Gasteiger partial charge in [0.1, 0.15) is 0 Å². The van der Waals surface area contributed by atoms with Crippen molar-refractivity contribution in [1.29, 1.82) is 0 Å². The Hall–Kier alpha value is -1.43. The third-order valence-electron chi connectivity index (χ3n) is 3.41. The molecule has 0 aliphatic carbocycles. The number of rotatable bonds is 3. The summed E-state index contributed by atoms with van der Waals surface area (Å²) in [4.78, 5) is 17.4. The first-order valence-corrected chi connectivity index (χ1v) is 6.64. The van der Waals surface area contributed by atoms with Gasteiger partial charge in [-0.25, -0.2) is 0 Å². The number of carboxylic acids is 1. The molecule has 0 spiro atoms. The van der Waals surface area contributed by atoms with Gasteiger partial charge in [0.25, 0.3) is 0 Å². The molecule has 0 radical (unpaired) electrons. The predicted molar refractivity (Wildman–Crippen MR) is 68.6 cm³/mol. The summed E-state index contributed by atoms with van der Waals surface area (Å²) >= 11 is 0. The number of aromatic nitrogens is 2. The summed E-state index contributed by atoms with van der Waals surface area (Å²) in [6.45, 7) is 8.27. The summed E-state index contributed by atoms with van der Waals surface area (Å²) in [5, 5.41) is 12.9. The smallest absolute Gasteiger partial charge is 0.306 e. The second-order valence-corrected chi connectivity index (χ2v) is 6.15. The van der Waals surface area contributed by atoms with E-state index in [2.05, 4.69) is 15.0 Å². The second kappa shape index (κ2) is 5.28. The minimum absolute atomic E-state index is 0.137. The SMILES string of the molecule is CC(C)(C)c1nc(CN2CCC(C(=O)O)CC2)no1. The van der Waals surface area contributed by atoms with Gasteiger partial charge in [0, 0.05) is 5.41 Å². The van der Waals surface area contributed by atoms with Crippen LogP contribution in [-0.2, 0) is 16.8 Å². The van der Waals surface area contributed by atoms with Crippen molar-refractivity contribution in [3.63, 3.8) is 0 Å². The van der Waals surface area contributed by atoms with Crippen molar-refractivity contribution in [1.82, 2.24) is 15.0 Å². The number of carboxylic acid groups (broad SMARTS) is 1. The predicted octanol–water partition coefficient (Wildman–Crippen LogP) is 1.66. The highest BCUT2D eigenvalue weighted by atomic mass is 16.5. The highest BCUT2D eigenvalue weighted by Crippen LogP contribution is 2.21. The van der Waals surface area contributed by atoms with Gasteiger partial charge in [0.15, 0.2) is 5.82 Å². The molecule has 1 aliphatic heterocycles. The Balaban J connectivity index is 1.89. The van der Waals surface area contributed by atoms with Crippen molar-refractivity contribution in [2.45, 2.75) is 45.6 Å². The first-order chi connectivity index (χ1) is 8.86. The van der Waals surface area contributed by atoms with Crippen LogP contribution in [0.3, 0.4) is 0 Å². The zero-order valence-electron chi connectivity index (χ0n) is 11.7. The van der Waals surface area contributed by atoms with Crippen LogP contribution < -0.4 is 0 Å². The van der Waals surface area contributed by atoms with Crippen molar-refractivity contribution in [3.05, 3.63) is 11.7 Å². The molecule has 1 saturated heterocycles. The first kappa shape index (κ1) is 14.0. The standard InChI is InChI=1S/C13H21N3O3/c1-13(2,3)12-14-10(15-19-12)8-16-6-4-9(5-7-16)11(17)18/h9H,4-8H2,1-3H3,(H,17,18). The molecule has 2 heterocycles. The van der Waals surface area contributed by atoms with Crippen molar-refractivity contribution in [2.24, 2.45) is 5.92 Å². The van der Waals surface area contributed by atoms with Crippen LogP contribution in [0.15, 0.2) is 4.52 Å². The molecule has 0 aromatic carbocycles. The van der Waals surface area contributed by atoms with Gasteiger partial charge in [-0.1, -0.05) is 25.9 Å². The maximum Gasteiger partial charge on any atom is 0.306 e. The van der Waals surface area contributed by atoms with Crippen LogP contribution in [0.25, 0.3) is 0 Å². The molecule has 0 saturated carbocycles. The number of likely N-dealkylation sites (tertiary alicyclic amines) is 1. The molecule has 1 fully saturated rings. The molecule has 2 rings (SSSR count). The molecule has 1 aromatic rings. The monoisotopic (exact) mass is 267 g/mol. The van der Waals surface area contributed by atoms with Gasteiger partial charge in [0.05, 0.1) is 12.5 Å². The van der Waals surface area contributed by atoms with Gasteiger partial charge >= 0.3 is 5.97 Å². The van der Waals surface area contributed by atoms with E-state index in [0.717, 1.165) is 13.1 Å². The molecule has 6 nitrogen and oxygen atoms in total. The summed E-state index contributed by atoms with van der Waals surface area (Å²) in [7, 11) is 0. The summed E-state index contributed by atoms with van der Waals surface area (Å²) < 4.78 is 5.25. The molecule has 0 amide bonds. The lowest BCUT2D eigenvalue weighted by molar-refractivity contribution is -0.143. The van der Waals surface area contributed by atoms with Gasteiger partial charge in [0.2, 0.25) is 5.89 Å². The Morgan fingerprint density at radius 1 is 1.42 bits per heavy atom. The third-order valence-corrected chi connectivity index (χ3v) is 3.41. The Morgan fingerprint density at radius 2 is 2.05 bits per heavy atom. The van der Waals surface area contributed by atoms with Crippen LogP contribution in [0.5, 0.6) is 0 Å². The van der Waals surface area contributed by atoms with E-state index in [9.17, 15) is 4.79 Å². The summed E-state index contributed by atoms with van der Waals surface area (Å²) in [5.74, 6) is 0.433. The average Bonchev–Trinajstić information content (AvgIpc) is 2.78. The lowest BCUT2D eigenvalue weighted by Gasteiger charge is -2.28. The maximum absolute atomic E-state index is 10.9. The molecular weight excluding hydrogens is 246 g/mol. The van der Waals surface area contributed by atoms with E-state index >= 15 is 0 Å². The summed E-state index contributed by atoms with van der Waals surface area (Å²) in [6.07, 6.45) is 1.39. The molecule has 0 unspecified atom stereocenters. The normalized spacial score (nSPS) is 18.7. The Kier molecular flexibility index (Phi) is 3.89. The third kappa shape index (κ3) is 3.53. The van der Waals surface area contributed by atoms with Crippen molar-refractivity contribution < 1.29 is 14.4 Å². The molecule has 6 heteroatoms. The fourth-order valence-electron chi connectivity index (χ4n) is 2.16. The van der Waals surface area contributed by atoms with E-state index < -0.39 is 5.97 Å². The summed E-state index contributed by atoms with van der Waals surface area (Å²) in [5.41, 5.74) is -0.137. The minimum Gasteiger partial charge on any atom is -0.481 e. The Labute approximate surface area is 112 Å². The zero-order chi connectivity index (χ0) is 14.0. The topological polar surface area (TPSA) is 79.5 Å². The van der Waals surface area contributed by atoms with Crippen LogP contribution in [0, 0.1) is 5.92 Å². The number of carbonyl (C=O) groups is 1. The van der Waals surface area contributed by atoms with E-state index in [4.69, 9.17) is 9.63 Å². The molecular formula is C13H21N3O3. The largest absolute Gasteiger partial charge is 0.481 e. The van der Waals surface area contributed by atoms with E-state index in [1.54, 1.807) is 0 Å². The first-order valence-electron chi connectivity index (χ1n) is 6.64. The number of aliphatic carboxylic acids is 1. The van der Waals surface area contributed by atoms with Crippen LogP contribution >= 0.6 is 0 Å². The van der Waals surface area contributed by atoms with Crippen molar-refractivity contribution in [3.8, 4) is 0 Å². The maximum atomic E-state index is 10.9. The molecule has 1 N–H and O–H groups in total. The van der Waals surface area contributed by atoms with Crippen LogP contribution in [-0.4, -0.2) is 39.2 Å². The van der Waals surface area contributed by atoms with Crippen LogP contribution in [0.2, 0.25) is 0 Å². The zero-order valence-corrected chi connectivity index (χ0v) is 11.7. The van der Waals surface area contributed by atoms with E-state index in [-0.39, 0.29) is 11.3 Å². The van der Waals surface area contributed by atoms with Gasteiger partial charge in [-0.15, -0.1) is 0 Å². The number of hydrogen-bond acceptors (Lipinski definition) is 5. The highest BCUT2D eigenvalue weighted by Gasteiger charge is 2.26. The molecule has 1 aliphatic rings. The Morgan fingerprint density at radius 3 is 2.53 bits per heavy atom. The lowest BCUT2D eigenvalue weighted by Crippen LogP contribution is -2.36. The van der Waals surface area contributed by atoms with E-state index in [0.29, 0.717) is 31.1 Å². The Bertz CT molecular complexity index is 442. The van der Waals surface area contributed by atoms with Crippen LogP contribution in [0.4, 0.5) is 0 Å². The van der Waals surface area contributed by atoms with Gasteiger partial charge in [-0.2, -0.15) is 4.98 Å². The fraction of sp³-hybridized carbons (Fsp3) is 0.769. The molecule has 0 bridgehead atoms. The number of hydrogen-bond donors (Lipinski definition) is 1.